The molecule has 2 heterocycles. The van der Waals surface area contributed by atoms with Crippen LogP contribution in [-0.2, 0) is 0 Å². The van der Waals surface area contributed by atoms with Gasteiger partial charge in [0, 0.05) is 25.0 Å². The molecule has 0 atom stereocenters. The zero-order chi connectivity index (χ0) is 16.6. The number of rotatable bonds is 4. The van der Waals surface area contributed by atoms with Crippen molar-refractivity contribution >= 4 is 12.0 Å². The van der Waals surface area contributed by atoms with E-state index in [9.17, 15) is 14.7 Å². The third kappa shape index (κ3) is 3.33. The van der Waals surface area contributed by atoms with E-state index in [-0.39, 0.29) is 18.1 Å². The number of piperidine rings is 1. The molecule has 1 saturated heterocycles. The van der Waals surface area contributed by atoms with Gasteiger partial charge in [-0.05, 0) is 39.5 Å². The third-order valence-corrected chi connectivity index (χ3v) is 4.54. The van der Waals surface area contributed by atoms with Crippen LogP contribution in [0, 0.1) is 0 Å². The van der Waals surface area contributed by atoms with Gasteiger partial charge in [0.15, 0.2) is 0 Å². The first kappa shape index (κ1) is 15.8. The second-order valence-electron chi connectivity index (χ2n) is 6.79. The highest BCUT2D eigenvalue weighted by molar-refractivity contribution is 5.89. The van der Waals surface area contributed by atoms with E-state index in [1.165, 1.54) is 6.20 Å². The first-order valence-electron chi connectivity index (χ1n) is 8.33. The Kier molecular flexibility index (Phi) is 4.28. The predicted molar refractivity (Wildman–Crippen MR) is 84.7 cm³/mol. The lowest BCUT2D eigenvalue weighted by Gasteiger charge is -2.33. The SMILES string of the molecule is CC(C)NC(=O)N1CCC(n2ncc(C(=O)O)c2C2CC2)CC1. The number of likely N-dealkylation sites (tertiary alicyclic amines) is 1. The molecular weight excluding hydrogens is 296 g/mol. The number of carbonyl (C=O) groups excluding carboxylic acids is 1. The highest BCUT2D eigenvalue weighted by Gasteiger charge is 2.35. The molecule has 2 fully saturated rings. The lowest BCUT2D eigenvalue weighted by atomic mass is 10.0. The molecule has 7 heteroatoms. The second-order valence-corrected chi connectivity index (χ2v) is 6.79. The molecule has 1 aromatic heterocycles. The maximum Gasteiger partial charge on any atom is 0.339 e. The highest BCUT2D eigenvalue weighted by atomic mass is 16.4. The molecule has 2 amide bonds. The van der Waals surface area contributed by atoms with E-state index in [1.54, 1.807) is 0 Å². The number of aromatic carboxylic acids is 1. The topological polar surface area (TPSA) is 87.5 Å². The van der Waals surface area contributed by atoms with Gasteiger partial charge in [0.05, 0.1) is 17.9 Å². The molecular formula is C16H24N4O3. The van der Waals surface area contributed by atoms with Crippen molar-refractivity contribution in [1.29, 1.82) is 0 Å². The van der Waals surface area contributed by atoms with E-state index in [0.29, 0.717) is 24.6 Å². The molecule has 0 unspecified atom stereocenters. The van der Waals surface area contributed by atoms with E-state index in [4.69, 9.17) is 0 Å². The number of hydrogen-bond donors (Lipinski definition) is 2. The number of aromatic nitrogens is 2. The van der Waals surface area contributed by atoms with Crippen molar-refractivity contribution in [2.75, 3.05) is 13.1 Å². The van der Waals surface area contributed by atoms with Crippen LogP contribution < -0.4 is 5.32 Å². The molecule has 126 valence electrons. The lowest BCUT2D eigenvalue weighted by Crippen LogP contribution is -2.46. The molecule has 0 aromatic carbocycles. The summed E-state index contributed by atoms with van der Waals surface area (Å²) in [5, 5.41) is 16.6. The van der Waals surface area contributed by atoms with Gasteiger partial charge < -0.3 is 15.3 Å². The fourth-order valence-corrected chi connectivity index (χ4v) is 3.24. The largest absolute Gasteiger partial charge is 0.478 e. The Morgan fingerprint density at radius 3 is 2.43 bits per heavy atom. The van der Waals surface area contributed by atoms with Crippen molar-refractivity contribution in [3.63, 3.8) is 0 Å². The summed E-state index contributed by atoms with van der Waals surface area (Å²) in [6.07, 6.45) is 5.19. The third-order valence-electron chi connectivity index (χ3n) is 4.54. The van der Waals surface area contributed by atoms with Gasteiger partial charge in [-0.2, -0.15) is 5.10 Å². The Bertz CT molecular complexity index is 598. The minimum absolute atomic E-state index is 0.0208. The second kappa shape index (κ2) is 6.22. The van der Waals surface area contributed by atoms with E-state index in [2.05, 4.69) is 10.4 Å². The van der Waals surface area contributed by atoms with Crippen molar-refractivity contribution in [2.45, 2.75) is 57.5 Å². The summed E-state index contributed by atoms with van der Waals surface area (Å²) < 4.78 is 1.92. The van der Waals surface area contributed by atoms with Crippen molar-refractivity contribution in [1.82, 2.24) is 20.0 Å². The molecule has 23 heavy (non-hydrogen) atoms. The van der Waals surface area contributed by atoms with Crippen LogP contribution in [0.5, 0.6) is 0 Å². The number of carboxylic acid groups (broad SMARTS) is 1. The molecule has 1 aliphatic carbocycles. The van der Waals surface area contributed by atoms with Crippen LogP contribution in [0.1, 0.15) is 67.5 Å². The molecule has 7 nitrogen and oxygen atoms in total. The molecule has 0 spiro atoms. The summed E-state index contributed by atoms with van der Waals surface area (Å²) in [6, 6.07) is 0.292. The Morgan fingerprint density at radius 2 is 1.91 bits per heavy atom. The van der Waals surface area contributed by atoms with E-state index >= 15 is 0 Å². The van der Waals surface area contributed by atoms with Crippen LogP contribution in [0.3, 0.4) is 0 Å². The van der Waals surface area contributed by atoms with E-state index in [1.807, 2.05) is 23.4 Å². The zero-order valence-electron chi connectivity index (χ0n) is 13.7. The van der Waals surface area contributed by atoms with Gasteiger partial charge in [0.25, 0.3) is 0 Å². The number of nitrogens with zero attached hydrogens (tertiary/aromatic N) is 3. The average Bonchev–Trinajstić information content (AvgIpc) is 3.24. The van der Waals surface area contributed by atoms with Gasteiger partial charge in [-0.1, -0.05) is 0 Å². The Morgan fingerprint density at radius 1 is 1.26 bits per heavy atom. The van der Waals surface area contributed by atoms with Crippen molar-refractivity contribution in [2.24, 2.45) is 0 Å². The van der Waals surface area contributed by atoms with Gasteiger partial charge in [-0.25, -0.2) is 9.59 Å². The molecule has 0 bridgehead atoms. The lowest BCUT2D eigenvalue weighted by molar-refractivity contribution is 0.0695. The van der Waals surface area contributed by atoms with Gasteiger partial charge in [-0.3, -0.25) is 4.68 Å². The van der Waals surface area contributed by atoms with Crippen LogP contribution in [-0.4, -0.2) is 50.9 Å². The van der Waals surface area contributed by atoms with E-state index in [0.717, 1.165) is 31.4 Å². The normalized spacial score (nSPS) is 19.2. The van der Waals surface area contributed by atoms with Gasteiger partial charge in [0.1, 0.15) is 5.56 Å². The summed E-state index contributed by atoms with van der Waals surface area (Å²) in [5.74, 6) is -0.558. The number of carbonyl (C=O) groups is 2. The summed E-state index contributed by atoms with van der Waals surface area (Å²) in [6.45, 7) is 5.25. The zero-order valence-corrected chi connectivity index (χ0v) is 13.7. The molecule has 1 aromatic rings. The quantitative estimate of drug-likeness (QED) is 0.890. The van der Waals surface area contributed by atoms with Crippen LogP contribution >= 0.6 is 0 Å². The number of urea groups is 1. The Balaban J connectivity index is 1.68. The molecule has 0 radical (unpaired) electrons. The predicted octanol–water partition coefficient (Wildman–Crippen LogP) is 2.21. The first-order chi connectivity index (χ1) is 11.0. The van der Waals surface area contributed by atoms with Gasteiger partial charge in [0.2, 0.25) is 0 Å². The fourth-order valence-electron chi connectivity index (χ4n) is 3.24. The average molecular weight is 320 g/mol. The molecule has 1 aliphatic heterocycles. The number of nitrogens with one attached hydrogen (secondary N) is 1. The first-order valence-corrected chi connectivity index (χ1v) is 8.33. The van der Waals surface area contributed by atoms with Crippen molar-refractivity contribution < 1.29 is 14.7 Å². The van der Waals surface area contributed by atoms with Crippen molar-refractivity contribution in [3.8, 4) is 0 Å². The van der Waals surface area contributed by atoms with Gasteiger partial charge in [-0.15, -0.1) is 0 Å². The smallest absolute Gasteiger partial charge is 0.339 e. The fraction of sp³-hybridized carbons (Fsp3) is 0.688. The van der Waals surface area contributed by atoms with Crippen LogP contribution in [0.15, 0.2) is 6.20 Å². The molecule has 2 N–H and O–H groups in total. The standard InChI is InChI=1S/C16H24N4O3/c1-10(2)18-16(23)19-7-5-12(6-8-19)20-14(11-3-4-11)13(9-17-20)15(21)22/h9-12H,3-8H2,1-2H3,(H,18,23)(H,21,22). The van der Waals surface area contributed by atoms with Gasteiger partial charge >= 0.3 is 12.0 Å². The summed E-state index contributed by atoms with van der Waals surface area (Å²) in [7, 11) is 0. The van der Waals surface area contributed by atoms with Crippen molar-refractivity contribution in [3.05, 3.63) is 17.5 Å². The highest BCUT2D eigenvalue weighted by Crippen LogP contribution is 2.43. The van der Waals surface area contributed by atoms with Crippen LogP contribution in [0.2, 0.25) is 0 Å². The molecule has 2 aliphatic rings. The van der Waals surface area contributed by atoms with Crippen LogP contribution in [0.4, 0.5) is 4.79 Å². The monoisotopic (exact) mass is 320 g/mol. The minimum atomic E-state index is -0.896. The number of amides is 2. The van der Waals surface area contributed by atoms with Crippen LogP contribution in [0.25, 0.3) is 0 Å². The maximum absolute atomic E-state index is 12.0. The summed E-state index contributed by atoms with van der Waals surface area (Å²) in [4.78, 5) is 25.3. The molecule has 3 rings (SSSR count). The maximum atomic E-state index is 12.0. The number of hydrogen-bond acceptors (Lipinski definition) is 3. The number of carboxylic acids is 1. The molecule has 1 saturated carbocycles. The van der Waals surface area contributed by atoms with E-state index < -0.39 is 5.97 Å². The Hall–Kier alpha value is -2.05. The summed E-state index contributed by atoms with van der Waals surface area (Å²) >= 11 is 0. The summed E-state index contributed by atoms with van der Waals surface area (Å²) in [5.41, 5.74) is 1.22. The minimum Gasteiger partial charge on any atom is -0.478 e. The Labute approximate surface area is 135 Å².